The van der Waals surface area contributed by atoms with Crippen LogP contribution in [-0.4, -0.2) is 42.4 Å². The molecule has 2 heterocycles. The standard InChI is InChI=1S/C20H20F5N3O3S/c21-14-9-15(22)11-17(10-14)32(30,31)28-7-1-2-18(28)19(29)27-12-13-4-6-26-16(8-13)3-5-20(23,24)25/h4,6,8-11,18H,1-3,5,7,12H2,(H,27,29)/t18-/m0/s1. The predicted molar refractivity (Wildman–Crippen MR) is 104 cm³/mol. The predicted octanol–water partition coefficient (Wildman–Crippen LogP) is 3.32. The first kappa shape index (κ1) is 24.1. The number of hydrogen-bond acceptors (Lipinski definition) is 4. The number of carbonyl (C=O) groups is 1. The highest BCUT2D eigenvalue weighted by molar-refractivity contribution is 7.89. The number of halogens is 5. The van der Waals surface area contributed by atoms with Crippen LogP contribution in [0.2, 0.25) is 0 Å². The lowest BCUT2D eigenvalue weighted by Crippen LogP contribution is -2.45. The number of rotatable bonds is 7. The number of aryl methyl sites for hydroxylation is 1. The molecule has 0 bridgehead atoms. The number of alkyl halides is 3. The molecule has 1 atom stereocenters. The fourth-order valence-electron chi connectivity index (χ4n) is 3.45. The van der Waals surface area contributed by atoms with Crippen molar-refractivity contribution in [3.8, 4) is 0 Å². The van der Waals surface area contributed by atoms with Gasteiger partial charge >= 0.3 is 6.18 Å². The number of nitrogens with one attached hydrogen (secondary N) is 1. The smallest absolute Gasteiger partial charge is 0.351 e. The van der Waals surface area contributed by atoms with Crippen LogP contribution >= 0.6 is 0 Å². The molecular weight excluding hydrogens is 457 g/mol. The van der Waals surface area contributed by atoms with Crippen LogP contribution in [0.1, 0.15) is 30.5 Å². The SMILES string of the molecule is O=C(NCc1ccnc(CCC(F)(F)F)c1)[C@@H]1CCCN1S(=O)(=O)c1cc(F)cc(F)c1. The topological polar surface area (TPSA) is 79.4 Å². The van der Waals surface area contributed by atoms with E-state index in [1.807, 2.05) is 0 Å². The Morgan fingerprint density at radius 1 is 1.16 bits per heavy atom. The summed E-state index contributed by atoms with van der Waals surface area (Å²) >= 11 is 0. The lowest BCUT2D eigenvalue weighted by molar-refractivity contribution is -0.134. The van der Waals surface area contributed by atoms with Crippen molar-refractivity contribution in [1.29, 1.82) is 0 Å². The molecule has 0 radical (unpaired) electrons. The second-order valence-electron chi connectivity index (χ2n) is 7.37. The molecule has 2 aromatic rings. The molecule has 12 heteroatoms. The van der Waals surface area contributed by atoms with E-state index in [1.54, 1.807) is 0 Å². The van der Waals surface area contributed by atoms with E-state index >= 15 is 0 Å². The Morgan fingerprint density at radius 2 is 1.84 bits per heavy atom. The third kappa shape index (κ3) is 6.00. The van der Waals surface area contributed by atoms with Crippen LogP contribution < -0.4 is 5.32 Å². The zero-order valence-electron chi connectivity index (χ0n) is 16.7. The van der Waals surface area contributed by atoms with E-state index in [9.17, 15) is 35.2 Å². The van der Waals surface area contributed by atoms with Crippen molar-refractivity contribution in [1.82, 2.24) is 14.6 Å². The van der Waals surface area contributed by atoms with Crippen molar-refractivity contribution in [2.75, 3.05) is 6.54 Å². The van der Waals surface area contributed by atoms with Crippen LogP contribution in [0.5, 0.6) is 0 Å². The maximum absolute atomic E-state index is 13.5. The van der Waals surface area contributed by atoms with Crippen molar-refractivity contribution < 1.29 is 35.2 Å². The number of amides is 1. The molecular formula is C20H20F5N3O3S. The summed E-state index contributed by atoms with van der Waals surface area (Å²) in [5.74, 6) is -2.72. The van der Waals surface area contributed by atoms with Gasteiger partial charge in [-0.25, -0.2) is 17.2 Å². The lowest BCUT2D eigenvalue weighted by Gasteiger charge is -2.23. The van der Waals surface area contributed by atoms with Gasteiger partial charge in [0.25, 0.3) is 0 Å². The molecule has 1 fully saturated rings. The van der Waals surface area contributed by atoms with Crippen LogP contribution in [0.4, 0.5) is 22.0 Å². The molecule has 1 aliphatic rings. The number of pyridine rings is 1. The summed E-state index contributed by atoms with van der Waals surface area (Å²) in [6.07, 6.45) is -3.70. The molecule has 0 saturated carbocycles. The van der Waals surface area contributed by atoms with Gasteiger partial charge in [-0.15, -0.1) is 0 Å². The van der Waals surface area contributed by atoms with Crippen molar-refractivity contribution in [3.05, 3.63) is 59.4 Å². The number of aromatic nitrogens is 1. The maximum Gasteiger partial charge on any atom is 0.389 e. The van der Waals surface area contributed by atoms with Gasteiger partial charge in [-0.2, -0.15) is 17.5 Å². The van der Waals surface area contributed by atoms with Gasteiger partial charge in [0.15, 0.2) is 0 Å². The molecule has 6 nitrogen and oxygen atoms in total. The van der Waals surface area contributed by atoms with Gasteiger partial charge in [0.2, 0.25) is 15.9 Å². The van der Waals surface area contributed by atoms with Gasteiger partial charge < -0.3 is 5.32 Å². The highest BCUT2D eigenvalue weighted by Gasteiger charge is 2.39. The van der Waals surface area contributed by atoms with Crippen molar-refractivity contribution >= 4 is 15.9 Å². The molecule has 1 aromatic heterocycles. The summed E-state index contributed by atoms with van der Waals surface area (Å²) in [7, 11) is -4.31. The van der Waals surface area contributed by atoms with Crippen LogP contribution in [0.15, 0.2) is 41.4 Å². The first-order chi connectivity index (χ1) is 15.0. The Kier molecular flexibility index (Phi) is 7.13. The number of hydrogen-bond donors (Lipinski definition) is 1. The van der Waals surface area contributed by atoms with E-state index in [-0.39, 0.29) is 31.6 Å². The van der Waals surface area contributed by atoms with Gasteiger partial charge in [-0.3, -0.25) is 9.78 Å². The van der Waals surface area contributed by atoms with Gasteiger partial charge in [-0.05, 0) is 49.1 Å². The van der Waals surface area contributed by atoms with Gasteiger partial charge in [0.05, 0.1) is 4.90 Å². The molecule has 0 aliphatic carbocycles. The summed E-state index contributed by atoms with van der Waals surface area (Å²) in [4.78, 5) is 15.9. The Bertz CT molecular complexity index is 1070. The number of benzene rings is 1. The van der Waals surface area contributed by atoms with Crippen molar-refractivity contribution in [2.24, 2.45) is 0 Å². The largest absolute Gasteiger partial charge is 0.389 e. The van der Waals surface area contributed by atoms with Crippen LogP contribution in [0, 0.1) is 11.6 Å². The van der Waals surface area contributed by atoms with Gasteiger partial charge in [-0.1, -0.05) is 0 Å². The maximum atomic E-state index is 13.5. The van der Waals surface area contributed by atoms with Crippen molar-refractivity contribution in [2.45, 2.75) is 49.3 Å². The van der Waals surface area contributed by atoms with E-state index in [0.717, 1.165) is 4.31 Å². The van der Waals surface area contributed by atoms with E-state index in [2.05, 4.69) is 10.3 Å². The zero-order chi connectivity index (χ0) is 23.5. The minimum Gasteiger partial charge on any atom is -0.351 e. The second-order valence-corrected chi connectivity index (χ2v) is 9.26. The fraction of sp³-hybridized carbons (Fsp3) is 0.400. The van der Waals surface area contributed by atoms with Gasteiger partial charge in [0.1, 0.15) is 17.7 Å². The Morgan fingerprint density at radius 3 is 2.50 bits per heavy atom. The molecule has 1 amide bonds. The number of sulfonamides is 1. The molecule has 174 valence electrons. The normalized spacial score (nSPS) is 17.5. The number of nitrogens with zero attached hydrogens (tertiary/aromatic N) is 2. The average molecular weight is 477 g/mol. The summed E-state index contributed by atoms with van der Waals surface area (Å²) in [6.45, 7) is -0.0330. The molecule has 1 aromatic carbocycles. The quantitative estimate of drug-likeness (QED) is 0.621. The summed E-state index contributed by atoms with van der Waals surface area (Å²) < 4.78 is 90.7. The van der Waals surface area contributed by atoms with Crippen LogP contribution in [0.3, 0.4) is 0 Å². The Balaban J connectivity index is 1.67. The van der Waals surface area contributed by atoms with Crippen LogP contribution in [0.25, 0.3) is 0 Å². The highest BCUT2D eigenvalue weighted by atomic mass is 32.2. The molecule has 32 heavy (non-hydrogen) atoms. The van der Waals surface area contributed by atoms with E-state index in [1.165, 1.54) is 18.3 Å². The molecule has 1 saturated heterocycles. The number of carbonyl (C=O) groups excluding carboxylic acids is 1. The van der Waals surface area contributed by atoms with E-state index in [4.69, 9.17) is 0 Å². The molecule has 0 spiro atoms. The summed E-state index contributed by atoms with van der Waals surface area (Å²) in [5.41, 5.74) is 0.720. The first-order valence-electron chi connectivity index (χ1n) is 9.72. The fourth-order valence-corrected chi connectivity index (χ4v) is 5.15. The average Bonchev–Trinajstić information content (AvgIpc) is 3.20. The molecule has 1 aliphatic heterocycles. The Labute approximate surface area is 181 Å². The van der Waals surface area contributed by atoms with Gasteiger partial charge in [0, 0.05) is 37.5 Å². The van der Waals surface area contributed by atoms with E-state index in [0.29, 0.717) is 30.2 Å². The third-order valence-electron chi connectivity index (χ3n) is 4.96. The third-order valence-corrected chi connectivity index (χ3v) is 6.85. The molecule has 1 N–H and O–H groups in total. The Hall–Kier alpha value is -2.60. The van der Waals surface area contributed by atoms with E-state index < -0.39 is 51.1 Å². The second kappa shape index (κ2) is 9.49. The highest BCUT2D eigenvalue weighted by Crippen LogP contribution is 2.27. The lowest BCUT2D eigenvalue weighted by atomic mass is 10.1. The molecule has 3 rings (SSSR count). The minimum absolute atomic E-state index is 0.00933. The first-order valence-corrected chi connectivity index (χ1v) is 11.2. The summed E-state index contributed by atoms with van der Waals surface area (Å²) in [6, 6.07) is 3.81. The van der Waals surface area contributed by atoms with Crippen molar-refractivity contribution in [3.63, 3.8) is 0 Å². The van der Waals surface area contributed by atoms with Crippen LogP contribution in [-0.2, 0) is 27.8 Å². The monoisotopic (exact) mass is 477 g/mol. The summed E-state index contributed by atoms with van der Waals surface area (Å²) in [5, 5.41) is 2.57. The zero-order valence-corrected chi connectivity index (χ0v) is 17.5. The minimum atomic E-state index is -4.31. The molecule has 0 unspecified atom stereocenters.